The lowest BCUT2D eigenvalue weighted by Crippen LogP contribution is -2.15. The molecule has 1 unspecified atom stereocenters. The Labute approximate surface area is 97.4 Å². The van der Waals surface area contributed by atoms with Crippen LogP contribution in [0.5, 0.6) is 0 Å². The predicted molar refractivity (Wildman–Crippen MR) is 68.5 cm³/mol. The van der Waals surface area contributed by atoms with Gasteiger partial charge < -0.3 is 0 Å². The van der Waals surface area contributed by atoms with Gasteiger partial charge >= 0.3 is 0 Å². The smallest absolute Gasteiger partial charge is 0.138 e. The van der Waals surface area contributed by atoms with Crippen molar-refractivity contribution in [3.8, 4) is 0 Å². The Kier molecular flexibility index (Phi) is 3.99. The molecule has 16 heavy (non-hydrogen) atoms. The van der Waals surface area contributed by atoms with Gasteiger partial charge in [0, 0.05) is 5.71 Å². The maximum atomic E-state index is 11.3. The highest BCUT2D eigenvalue weighted by Gasteiger charge is 2.11. The molecule has 2 heteroatoms. The summed E-state index contributed by atoms with van der Waals surface area (Å²) in [5, 5.41) is 0. The predicted octanol–water partition coefficient (Wildman–Crippen LogP) is 3.62. The number of aryl methyl sites for hydroxylation is 2. The minimum atomic E-state index is -0.0981. The van der Waals surface area contributed by atoms with Crippen LogP contribution in [0.2, 0.25) is 0 Å². The molecule has 2 nitrogen and oxygen atoms in total. The van der Waals surface area contributed by atoms with E-state index in [1.165, 1.54) is 0 Å². The van der Waals surface area contributed by atoms with Crippen molar-refractivity contribution in [2.75, 3.05) is 0 Å². The van der Waals surface area contributed by atoms with E-state index < -0.39 is 0 Å². The average Bonchev–Trinajstić information content (AvgIpc) is 2.22. The van der Waals surface area contributed by atoms with Crippen LogP contribution in [0.25, 0.3) is 0 Å². The maximum absolute atomic E-state index is 11.3. The minimum Gasteiger partial charge on any atom is -0.299 e. The third kappa shape index (κ3) is 2.78. The Hall–Kier alpha value is -1.44. The van der Waals surface area contributed by atoms with Gasteiger partial charge in [0.15, 0.2) is 0 Å². The lowest BCUT2D eigenvalue weighted by molar-refractivity contribution is -0.118. The van der Waals surface area contributed by atoms with Crippen molar-refractivity contribution in [1.82, 2.24) is 0 Å². The third-order valence-corrected chi connectivity index (χ3v) is 2.96. The van der Waals surface area contributed by atoms with E-state index in [4.69, 9.17) is 0 Å². The fourth-order valence-corrected chi connectivity index (χ4v) is 1.55. The molecule has 0 fully saturated rings. The molecule has 0 aliphatic carbocycles. The van der Waals surface area contributed by atoms with Gasteiger partial charge in [0.25, 0.3) is 0 Å². The van der Waals surface area contributed by atoms with Crippen LogP contribution in [0, 0.1) is 19.8 Å². The second kappa shape index (κ2) is 5.06. The number of nitrogens with zero attached hydrogens (tertiary/aromatic N) is 1. The fourth-order valence-electron chi connectivity index (χ4n) is 1.55. The van der Waals surface area contributed by atoms with Crippen molar-refractivity contribution in [1.29, 1.82) is 0 Å². The first kappa shape index (κ1) is 12.6. The van der Waals surface area contributed by atoms with E-state index in [9.17, 15) is 4.79 Å². The van der Waals surface area contributed by atoms with Crippen molar-refractivity contribution in [2.24, 2.45) is 10.9 Å². The van der Waals surface area contributed by atoms with Crippen molar-refractivity contribution < 1.29 is 4.79 Å². The zero-order valence-electron chi connectivity index (χ0n) is 10.7. The highest BCUT2D eigenvalue weighted by atomic mass is 16.1. The molecule has 0 N–H and O–H groups in total. The number of hydrogen-bond donors (Lipinski definition) is 0. The fraction of sp³-hybridized carbons (Fsp3) is 0.429. The molecule has 1 aromatic carbocycles. The molecule has 0 saturated heterocycles. The average molecular weight is 217 g/mol. The number of rotatable bonds is 3. The summed E-state index contributed by atoms with van der Waals surface area (Å²) >= 11 is 0. The first-order valence-corrected chi connectivity index (χ1v) is 5.55. The Bertz CT molecular complexity index is 412. The second-order valence-electron chi connectivity index (χ2n) is 4.33. The highest BCUT2D eigenvalue weighted by molar-refractivity contribution is 6.03. The number of benzene rings is 1. The number of ketones is 1. The van der Waals surface area contributed by atoms with Gasteiger partial charge in [-0.3, -0.25) is 9.79 Å². The normalized spacial score (nSPS) is 13.7. The van der Waals surface area contributed by atoms with Crippen molar-refractivity contribution in [3.05, 3.63) is 29.3 Å². The van der Waals surface area contributed by atoms with E-state index in [2.05, 4.69) is 4.99 Å². The molecule has 0 saturated carbocycles. The van der Waals surface area contributed by atoms with Crippen molar-refractivity contribution >= 4 is 17.2 Å². The van der Waals surface area contributed by atoms with E-state index in [0.717, 1.165) is 22.5 Å². The first-order chi connectivity index (χ1) is 7.43. The zero-order chi connectivity index (χ0) is 12.3. The summed E-state index contributed by atoms with van der Waals surface area (Å²) in [6, 6.07) is 6.10. The molecule has 0 aliphatic heterocycles. The van der Waals surface area contributed by atoms with Gasteiger partial charge in [0.05, 0.1) is 11.6 Å². The molecule has 1 atom stereocenters. The van der Waals surface area contributed by atoms with Crippen LogP contribution in [0.3, 0.4) is 0 Å². The number of hydrogen-bond acceptors (Lipinski definition) is 2. The number of carbonyl (C=O) groups excluding carboxylic acids is 1. The summed E-state index contributed by atoms with van der Waals surface area (Å²) in [7, 11) is 0. The van der Waals surface area contributed by atoms with Gasteiger partial charge in [-0.1, -0.05) is 25.1 Å². The van der Waals surface area contributed by atoms with Crippen LogP contribution in [-0.4, -0.2) is 11.5 Å². The van der Waals surface area contributed by atoms with E-state index >= 15 is 0 Å². The Balaban J connectivity index is 3.12. The van der Waals surface area contributed by atoms with Gasteiger partial charge in [-0.25, -0.2) is 0 Å². The van der Waals surface area contributed by atoms with Gasteiger partial charge in [0.2, 0.25) is 0 Å². The minimum absolute atomic E-state index is 0.0981. The van der Waals surface area contributed by atoms with Crippen LogP contribution in [0.4, 0.5) is 5.69 Å². The number of aliphatic imine (C=N–C) groups is 1. The zero-order valence-corrected chi connectivity index (χ0v) is 10.7. The van der Waals surface area contributed by atoms with Gasteiger partial charge in [-0.2, -0.15) is 0 Å². The molecule has 1 aromatic rings. The molecule has 1 rings (SSSR count). The molecule has 0 amide bonds. The molecular formula is C14H19NO. The van der Waals surface area contributed by atoms with Crippen LogP contribution < -0.4 is 0 Å². The van der Waals surface area contributed by atoms with Gasteiger partial charge in [0.1, 0.15) is 5.78 Å². The molecular weight excluding hydrogens is 198 g/mol. The molecule has 86 valence electrons. The van der Waals surface area contributed by atoms with Gasteiger partial charge in [-0.05, 0) is 38.8 Å². The number of para-hydroxylation sites is 1. The third-order valence-electron chi connectivity index (χ3n) is 2.96. The summed E-state index contributed by atoms with van der Waals surface area (Å²) in [6.07, 6.45) is 0. The molecule has 0 radical (unpaired) electrons. The summed E-state index contributed by atoms with van der Waals surface area (Å²) in [5.74, 6) is 0.0616. The topological polar surface area (TPSA) is 29.4 Å². The molecule has 0 heterocycles. The largest absolute Gasteiger partial charge is 0.299 e. The van der Waals surface area contributed by atoms with E-state index in [0.29, 0.717) is 0 Å². The summed E-state index contributed by atoms with van der Waals surface area (Å²) in [6.45, 7) is 9.50. The van der Waals surface area contributed by atoms with E-state index in [1.807, 2.05) is 45.9 Å². The number of Topliss-reactive ketones (excluding diaryl/α,β-unsaturated/α-hetero) is 1. The summed E-state index contributed by atoms with van der Waals surface area (Å²) in [5.41, 5.74) is 4.17. The standard InChI is InChI=1S/C14H19NO/c1-9-7-6-8-10(2)14(9)15-12(4)11(3)13(5)16/h6-8,11H,1-5H3/b15-12+. The molecule has 0 spiro atoms. The second-order valence-corrected chi connectivity index (χ2v) is 4.33. The summed E-state index contributed by atoms with van der Waals surface area (Å²) < 4.78 is 0. The summed E-state index contributed by atoms with van der Waals surface area (Å²) in [4.78, 5) is 15.8. The SMILES string of the molecule is CC(=O)C(C)/C(C)=N/c1c(C)cccc1C. The Morgan fingerprint density at radius 3 is 2.12 bits per heavy atom. The lowest BCUT2D eigenvalue weighted by atomic mass is 10.0. The Morgan fingerprint density at radius 2 is 1.69 bits per heavy atom. The molecule has 0 bridgehead atoms. The van der Waals surface area contributed by atoms with Crippen molar-refractivity contribution in [2.45, 2.75) is 34.6 Å². The maximum Gasteiger partial charge on any atom is 0.138 e. The first-order valence-electron chi connectivity index (χ1n) is 5.55. The van der Waals surface area contributed by atoms with Crippen LogP contribution in [-0.2, 0) is 4.79 Å². The van der Waals surface area contributed by atoms with Crippen LogP contribution in [0.1, 0.15) is 31.9 Å². The van der Waals surface area contributed by atoms with E-state index in [-0.39, 0.29) is 11.7 Å². The van der Waals surface area contributed by atoms with E-state index in [1.54, 1.807) is 6.92 Å². The Morgan fingerprint density at radius 1 is 1.19 bits per heavy atom. The quantitative estimate of drug-likeness (QED) is 0.711. The van der Waals surface area contributed by atoms with Crippen molar-refractivity contribution in [3.63, 3.8) is 0 Å². The highest BCUT2D eigenvalue weighted by Crippen LogP contribution is 2.24. The van der Waals surface area contributed by atoms with Crippen LogP contribution in [0.15, 0.2) is 23.2 Å². The molecule has 0 aromatic heterocycles. The lowest BCUT2D eigenvalue weighted by Gasteiger charge is -2.10. The monoisotopic (exact) mass is 217 g/mol. The van der Waals surface area contributed by atoms with Gasteiger partial charge in [-0.15, -0.1) is 0 Å². The van der Waals surface area contributed by atoms with Crippen LogP contribution >= 0.6 is 0 Å². The molecule has 0 aliphatic rings. The number of carbonyl (C=O) groups is 1.